The molecule has 5 unspecified atom stereocenters. The summed E-state index contributed by atoms with van der Waals surface area (Å²) < 4.78 is 0. The summed E-state index contributed by atoms with van der Waals surface area (Å²) in [5.74, 6) is 1.31. The van der Waals surface area contributed by atoms with Crippen LogP contribution in [0.5, 0.6) is 0 Å². The van der Waals surface area contributed by atoms with Gasteiger partial charge in [-0.25, -0.2) is 0 Å². The summed E-state index contributed by atoms with van der Waals surface area (Å²) in [7, 11) is 0. The molecule has 252 valence electrons. The molecule has 2 aliphatic heterocycles. The van der Waals surface area contributed by atoms with Gasteiger partial charge in [0.05, 0.1) is 11.7 Å². The first-order valence-corrected chi connectivity index (χ1v) is 19.4. The van der Waals surface area contributed by atoms with Crippen LogP contribution in [0.1, 0.15) is 80.9 Å². The Bertz CT molecular complexity index is 1970. The van der Waals surface area contributed by atoms with Crippen LogP contribution in [0.25, 0.3) is 5.57 Å². The van der Waals surface area contributed by atoms with E-state index in [0.717, 1.165) is 51.5 Å². The van der Waals surface area contributed by atoms with E-state index in [9.17, 15) is 0 Å². The highest BCUT2D eigenvalue weighted by Crippen LogP contribution is 2.51. The van der Waals surface area contributed by atoms with Crippen molar-refractivity contribution in [2.45, 2.75) is 82.7 Å². The maximum absolute atomic E-state index is 2.85. The third-order valence-electron chi connectivity index (χ3n) is 12.4. The van der Waals surface area contributed by atoms with E-state index in [2.05, 4.69) is 150 Å². The van der Waals surface area contributed by atoms with Crippen molar-refractivity contribution in [1.82, 2.24) is 0 Å². The molecule has 5 aliphatic carbocycles. The van der Waals surface area contributed by atoms with Gasteiger partial charge in [-0.2, -0.15) is 0 Å². The maximum atomic E-state index is 2.85. The van der Waals surface area contributed by atoms with Crippen molar-refractivity contribution in [1.29, 1.82) is 0 Å². The van der Waals surface area contributed by atoms with Crippen LogP contribution in [-0.2, 0) is 6.42 Å². The van der Waals surface area contributed by atoms with Crippen molar-refractivity contribution >= 4 is 16.9 Å². The molecular weight excluding hydrogens is 605 g/mol. The van der Waals surface area contributed by atoms with E-state index in [0.29, 0.717) is 29.8 Å². The topological polar surface area (TPSA) is 6.48 Å². The minimum Gasteiger partial charge on any atom is -0.367 e. The van der Waals surface area contributed by atoms with Gasteiger partial charge >= 0.3 is 0 Å². The lowest BCUT2D eigenvalue weighted by Crippen LogP contribution is -2.45. The molecule has 2 heterocycles. The Morgan fingerprint density at radius 2 is 1.64 bits per heavy atom. The van der Waals surface area contributed by atoms with Gasteiger partial charge in [0, 0.05) is 47.3 Å². The van der Waals surface area contributed by atoms with E-state index >= 15 is 0 Å². The summed E-state index contributed by atoms with van der Waals surface area (Å²) in [6, 6.07) is 17.2. The quantitative estimate of drug-likeness (QED) is 0.317. The van der Waals surface area contributed by atoms with Crippen LogP contribution in [0.15, 0.2) is 156 Å². The van der Waals surface area contributed by atoms with Gasteiger partial charge in [0.25, 0.3) is 0 Å². The van der Waals surface area contributed by atoms with Crippen molar-refractivity contribution < 1.29 is 0 Å². The molecule has 5 atom stereocenters. The smallest absolute Gasteiger partial charge is 0.0629 e. The molecule has 0 radical (unpaired) electrons. The fourth-order valence-corrected chi connectivity index (χ4v) is 9.85. The van der Waals surface area contributed by atoms with Crippen molar-refractivity contribution in [2.75, 3.05) is 16.3 Å². The molecule has 0 amide bonds. The van der Waals surface area contributed by atoms with E-state index in [4.69, 9.17) is 0 Å². The van der Waals surface area contributed by atoms with Gasteiger partial charge in [0.15, 0.2) is 0 Å². The fraction of sp³-hybridized carbons (Fsp3) is 0.333. The van der Waals surface area contributed by atoms with Crippen LogP contribution in [0.3, 0.4) is 0 Å². The molecule has 0 N–H and O–H groups in total. The molecule has 50 heavy (non-hydrogen) atoms. The maximum Gasteiger partial charge on any atom is 0.0629 e. The molecule has 0 fully saturated rings. The zero-order valence-electron chi connectivity index (χ0n) is 29.6. The van der Waals surface area contributed by atoms with Gasteiger partial charge in [-0.1, -0.05) is 134 Å². The Hall–Kier alpha value is -4.56. The Kier molecular flexibility index (Phi) is 8.57. The molecule has 2 heteroatoms. The Morgan fingerprint density at radius 3 is 2.48 bits per heavy atom. The van der Waals surface area contributed by atoms with Crippen molar-refractivity contribution in [2.24, 2.45) is 11.8 Å². The lowest BCUT2D eigenvalue weighted by atomic mass is 9.72. The number of nitrogens with zero attached hydrogens (tertiary/aromatic N) is 2. The molecule has 0 bridgehead atoms. The highest BCUT2D eigenvalue weighted by molar-refractivity contribution is 5.85. The van der Waals surface area contributed by atoms with Gasteiger partial charge in [-0.3, -0.25) is 0 Å². The summed E-state index contributed by atoms with van der Waals surface area (Å²) >= 11 is 0. The standard InChI is InChI=1S/C48H50N2/c1-34-44(36-18-7-3-8-19-36)32-39(35-16-5-2-6-17-35)33-47(34)49-31-30-37(28-29-38-20-11-13-26-45(38)49)41-24-15-25-43-42-23-12-14-27-46(42)50(48(41)43)40-21-9-4-10-22-40/h2,5,7,9,11-16,18-28,32,34,39,42,46-47H,3-4,6,8,10,17,29-31,33H2,1H3/b37-28+. The number of para-hydroxylation sites is 2. The molecule has 0 spiro atoms. The highest BCUT2D eigenvalue weighted by Gasteiger charge is 2.41. The normalized spacial score (nSPS) is 29.5. The van der Waals surface area contributed by atoms with Gasteiger partial charge in [-0.05, 0) is 97.8 Å². The van der Waals surface area contributed by atoms with Crippen LogP contribution in [0.2, 0.25) is 0 Å². The Morgan fingerprint density at radius 1 is 0.760 bits per heavy atom. The highest BCUT2D eigenvalue weighted by atomic mass is 15.2. The van der Waals surface area contributed by atoms with E-state index in [1.807, 2.05) is 0 Å². The molecular formula is C48H50N2. The lowest BCUT2D eigenvalue weighted by molar-refractivity contribution is 0.390. The van der Waals surface area contributed by atoms with Crippen LogP contribution >= 0.6 is 0 Å². The number of rotatable bonds is 5. The first-order chi connectivity index (χ1) is 24.7. The van der Waals surface area contributed by atoms with Crippen LogP contribution < -0.4 is 9.80 Å². The predicted molar refractivity (Wildman–Crippen MR) is 212 cm³/mol. The fourth-order valence-electron chi connectivity index (χ4n) is 9.85. The summed E-state index contributed by atoms with van der Waals surface area (Å²) in [4.78, 5) is 5.51. The SMILES string of the molecule is CC1C(C2=CCCC=C2)=CC(C2=CC=CCC2)CC1N1CC/C(c2cccc3c2N(C2=CCCC=C2)C2C=CC=CC32)=C\Cc2ccccc21. The average molecular weight is 655 g/mol. The predicted octanol–water partition coefficient (Wildman–Crippen LogP) is 11.7. The molecule has 0 saturated carbocycles. The summed E-state index contributed by atoms with van der Waals surface area (Å²) in [6.45, 7) is 3.53. The molecule has 7 aliphatic rings. The first-order valence-electron chi connectivity index (χ1n) is 19.4. The largest absolute Gasteiger partial charge is 0.367 e. The van der Waals surface area contributed by atoms with Gasteiger partial charge in [0.1, 0.15) is 0 Å². The van der Waals surface area contributed by atoms with Crippen molar-refractivity contribution in [3.8, 4) is 0 Å². The molecule has 2 nitrogen and oxygen atoms in total. The molecule has 2 aromatic carbocycles. The second kappa shape index (κ2) is 13.6. The van der Waals surface area contributed by atoms with Crippen molar-refractivity contribution in [3.63, 3.8) is 0 Å². The number of allylic oxidation sites excluding steroid dienone is 15. The molecule has 9 rings (SSSR count). The van der Waals surface area contributed by atoms with Gasteiger partial charge in [0.2, 0.25) is 0 Å². The zero-order valence-corrected chi connectivity index (χ0v) is 29.6. The Balaban J connectivity index is 1.11. The van der Waals surface area contributed by atoms with E-state index in [1.54, 1.807) is 11.1 Å². The summed E-state index contributed by atoms with van der Waals surface area (Å²) in [6.07, 6.45) is 46.1. The van der Waals surface area contributed by atoms with Crippen LogP contribution in [0.4, 0.5) is 11.4 Å². The third kappa shape index (κ3) is 5.67. The minimum atomic E-state index is 0.328. The summed E-state index contributed by atoms with van der Waals surface area (Å²) in [5.41, 5.74) is 14.7. The van der Waals surface area contributed by atoms with E-state index in [1.165, 1.54) is 57.8 Å². The zero-order chi connectivity index (χ0) is 33.4. The number of benzene rings is 2. The molecule has 0 aromatic heterocycles. The monoisotopic (exact) mass is 654 g/mol. The average Bonchev–Trinajstić information content (AvgIpc) is 3.52. The third-order valence-corrected chi connectivity index (χ3v) is 12.4. The number of hydrogen-bond donors (Lipinski definition) is 0. The number of fused-ring (bicyclic) bond motifs is 4. The number of anilines is 2. The summed E-state index contributed by atoms with van der Waals surface area (Å²) in [5, 5.41) is 0. The van der Waals surface area contributed by atoms with E-state index in [-0.39, 0.29) is 0 Å². The second-order valence-electron chi connectivity index (χ2n) is 15.2. The minimum absolute atomic E-state index is 0.328. The first kappa shape index (κ1) is 31.4. The second-order valence-corrected chi connectivity index (χ2v) is 15.2. The van der Waals surface area contributed by atoms with E-state index < -0.39 is 0 Å². The van der Waals surface area contributed by atoms with Crippen LogP contribution in [0, 0.1) is 11.8 Å². The molecule has 2 aromatic rings. The van der Waals surface area contributed by atoms with Gasteiger partial charge < -0.3 is 9.80 Å². The van der Waals surface area contributed by atoms with Crippen LogP contribution in [-0.4, -0.2) is 18.6 Å². The van der Waals surface area contributed by atoms with Crippen molar-refractivity contribution in [3.05, 3.63) is 173 Å². The molecule has 0 saturated heterocycles. The number of hydrogen-bond acceptors (Lipinski definition) is 2. The van der Waals surface area contributed by atoms with Gasteiger partial charge in [-0.15, -0.1) is 0 Å². The lowest BCUT2D eigenvalue weighted by Gasteiger charge is -2.45. The Labute approximate surface area is 299 Å².